The van der Waals surface area contributed by atoms with Gasteiger partial charge in [0.1, 0.15) is 17.4 Å². The first-order valence-electron chi connectivity index (χ1n) is 11.5. The number of aromatic nitrogens is 2. The second-order valence-corrected chi connectivity index (χ2v) is 8.96. The Bertz CT molecular complexity index is 1260. The molecule has 0 bridgehead atoms. The summed E-state index contributed by atoms with van der Waals surface area (Å²) in [7, 11) is 1.65. The lowest BCUT2D eigenvalue weighted by Gasteiger charge is -2.48. The molecular weight excluding hydrogens is 419 g/mol. The van der Waals surface area contributed by atoms with E-state index >= 15 is 0 Å². The van der Waals surface area contributed by atoms with Gasteiger partial charge in [-0.1, -0.05) is 26.7 Å². The van der Waals surface area contributed by atoms with Gasteiger partial charge in [-0.05, 0) is 61.4 Å². The summed E-state index contributed by atoms with van der Waals surface area (Å²) in [4.78, 5) is 17.8. The molecule has 0 spiro atoms. The molecule has 0 unspecified atom stereocenters. The number of ether oxygens (including phenoxy) is 1. The molecule has 0 aliphatic heterocycles. The number of hydrogen-bond acceptors (Lipinski definition) is 5. The van der Waals surface area contributed by atoms with Gasteiger partial charge in [-0.25, -0.2) is 9.37 Å². The zero-order valence-electron chi connectivity index (χ0n) is 19.3. The molecule has 1 aliphatic rings. The van der Waals surface area contributed by atoms with Crippen molar-refractivity contribution in [3.05, 3.63) is 58.4 Å². The fourth-order valence-corrected chi connectivity index (χ4v) is 5.26. The van der Waals surface area contributed by atoms with Crippen LogP contribution < -0.4 is 15.6 Å². The van der Waals surface area contributed by atoms with Crippen LogP contribution >= 0.6 is 0 Å². The molecule has 0 saturated heterocycles. The van der Waals surface area contributed by atoms with Gasteiger partial charge < -0.3 is 10.1 Å². The maximum Gasteiger partial charge on any atom is 0.261 e. The van der Waals surface area contributed by atoms with Gasteiger partial charge in [0, 0.05) is 13.1 Å². The van der Waals surface area contributed by atoms with Crippen LogP contribution in [0.3, 0.4) is 0 Å². The Hall–Kier alpha value is -3.40. The molecule has 7 heteroatoms. The molecule has 0 amide bonds. The smallest absolute Gasteiger partial charge is 0.261 e. The van der Waals surface area contributed by atoms with Crippen molar-refractivity contribution in [1.82, 2.24) is 9.55 Å². The molecule has 4 rings (SSSR count). The molecule has 1 aliphatic carbocycles. The number of hydrogen-bond donors (Lipinski definition) is 1. The van der Waals surface area contributed by atoms with Crippen LogP contribution in [0.15, 0.2) is 41.5 Å². The van der Waals surface area contributed by atoms with E-state index in [1.54, 1.807) is 36.1 Å². The van der Waals surface area contributed by atoms with E-state index in [0.29, 0.717) is 22.0 Å². The second-order valence-electron chi connectivity index (χ2n) is 8.96. The Morgan fingerprint density at radius 2 is 1.97 bits per heavy atom. The van der Waals surface area contributed by atoms with E-state index in [2.05, 4.69) is 24.1 Å². The van der Waals surface area contributed by atoms with Gasteiger partial charge >= 0.3 is 0 Å². The summed E-state index contributed by atoms with van der Waals surface area (Å²) in [6.45, 7) is 4.42. The largest absolute Gasteiger partial charge is 0.453 e. The first kappa shape index (κ1) is 22.8. The van der Waals surface area contributed by atoms with Crippen molar-refractivity contribution in [2.24, 2.45) is 5.41 Å². The molecule has 2 aromatic carbocycles. The van der Waals surface area contributed by atoms with Crippen LogP contribution in [0.2, 0.25) is 0 Å². The van der Waals surface area contributed by atoms with E-state index < -0.39 is 5.82 Å². The van der Waals surface area contributed by atoms with Crippen molar-refractivity contribution >= 4 is 16.6 Å². The highest BCUT2D eigenvalue weighted by Gasteiger charge is 2.43. The van der Waals surface area contributed by atoms with E-state index in [1.807, 2.05) is 6.07 Å². The van der Waals surface area contributed by atoms with Crippen LogP contribution in [0.4, 0.5) is 10.1 Å². The number of nitrogens with one attached hydrogen (secondary N) is 1. The molecule has 3 aromatic rings. The first-order valence-corrected chi connectivity index (χ1v) is 11.5. The first-order chi connectivity index (χ1) is 15.9. The fraction of sp³-hybridized carbons (Fsp3) is 0.423. The zero-order chi connectivity index (χ0) is 23.6. The molecule has 172 valence electrons. The summed E-state index contributed by atoms with van der Waals surface area (Å²) in [6, 6.07) is 9.75. The Kier molecular flexibility index (Phi) is 6.37. The van der Waals surface area contributed by atoms with E-state index in [9.17, 15) is 14.4 Å². The predicted molar refractivity (Wildman–Crippen MR) is 127 cm³/mol. The maximum absolute atomic E-state index is 14.5. The summed E-state index contributed by atoms with van der Waals surface area (Å²) in [5.41, 5.74) is 1.30. The summed E-state index contributed by atoms with van der Waals surface area (Å²) in [5, 5.41) is 12.8. The van der Waals surface area contributed by atoms with Gasteiger partial charge in [-0.15, -0.1) is 0 Å². The summed E-state index contributed by atoms with van der Waals surface area (Å²) < 4.78 is 22.0. The Morgan fingerprint density at radius 1 is 1.24 bits per heavy atom. The third-order valence-electron chi connectivity index (χ3n) is 6.76. The minimum Gasteiger partial charge on any atom is -0.453 e. The van der Waals surface area contributed by atoms with Crippen LogP contribution in [0.5, 0.6) is 11.5 Å². The van der Waals surface area contributed by atoms with E-state index in [1.165, 1.54) is 25.0 Å². The minimum atomic E-state index is -0.646. The average Bonchev–Trinajstić information content (AvgIpc) is 2.79. The third-order valence-corrected chi connectivity index (χ3v) is 6.76. The molecule has 1 fully saturated rings. The fourth-order valence-electron chi connectivity index (χ4n) is 5.26. The monoisotopic (exact) mass is 448 g/mol. The molecule has 0 atom stereocenters. The van der Waals surface area contributed by atoms with Crippen molar-refractivity contribution in [3.63, 3.8) is 0 Å². The molecule has 1 N–H and O–H groups in total. The van der Waals surface area contributed by atoms with Gasteiger partial charge in [-0.2, -0.15) is 5.26 Å². The number of nitrogens with zero attached hydrogens (tertiary/aromatic N) is 3. The zero-order valence-corrected chi connectivity index (χ0v) is 19.3. The Balaban J connectivity index is 1.66. The highest BCUT2D eigenvalue weighted by atomic mass is 19.1. The van der Waals surface area contributed by atoms with Crippen molar-refractivity contribution in [2.45, 2.75) is 58.4 Å². The van der Waals surface area contributed by atoms with Crippen LogP contribution in [0.25, 0.3) is 10.9 Å². The molecule has 33 heavy (non-hydrogen) atoms. The standard InChI is InChI=1S/C26H29FN4O2/c1-4-10-26(11-5-2)13-17(14-26)31-16-30-23-8-6-18(12-19(23)25(31)32)33-24-20(15-28)22(29-3)9-7-21(24)27/h6-9,12,16-17,29H,4-5,10-11,13-14H2,1-3H3. The molecule has 1 aromatic heterocycles. The highest BCUT2D eigenvalue weighted by Crippen LogP contribution is 2.54. The van der Waals surface area contributed by atoms with Crippen LogP contribution in [0, 0.1) is 22.6 Å². The van der Waals surface area contributed by atoms with Crippen molar-refractivity contribution in [3.8, 4) is 17.6 Å². The Labute approximate surface area is 193 Å². The molecule has 6 nitrogen and oxygen atoms in total. The molecule has 1 saturated carbocycles. The highest BCUT2D eigenvalue weighted by molar-refractivity contribution is 5.79. The number of fused-ring (bicyclic) bond motifs is 1. The summed E-state index contributed by atoms with van der Waals surface area (Å²) >= 11 is 0. The van der Waals surface area contributed by atoms with Crippen molar-refractivity contribution in [1.29, 1.82) is 5.26 Å². The third kappa shape index (κ3) is 4.18. The van der Waals surface area contributed by atoms with E-state index in [-0.39, 0.29) is 28.7 Å². The van der Waals surface area contributed by atoms with E-state index in [4.69, 9.17) is 4.74 Å². The van der Waals surface area contributed by atoms with Crippen molar-refractivity contribution in [2.75, 3.05) is 12.4 Å². The van der Waals surface area contributed by atoms with Crippen LogP contribution in [0.1, 0.15) is 64.0 Å². The number of nitriles is 1. The second kappa shape index (κ2) is 9.22. The minimum absolute atomic E-state index is 0.0684. The quantitative estimate of drug-likeness (QED) is 0.446. The SMILES string of the molecule is CCCC1(CCC)CC(n2cnc3ccc(Oc4c(F)ccc(NC)c4C#N)cc3c2=O)C1. The lowest BCUT2D eigenvalue weighted by molar-refractivity contribution is 0.0388. The normalized spacial score (nSPS) is 15.1. The van der Waals surface area contributed by atoms with Gasteiger partial charge in [0.2, 0.25) is 0 Å². The maximum atomic E-state index is 14.5. The van der Waals surface area contributed by atoms with Gasteiger partial charge in [-0.3, -0.25) is 9.36 Å². The lowest BCUT2D eigenvalue weighted by atomic mass is 9.61. The van der Waals surface area contributed by atoms with Crippen molar-refractivity contribution < 1.29 is 9.13 Å². The van der Waals surface area contributed by atoms with Crippen LogP contribution in [-0.2, 0) is 0 Å². The Morgan fingerprint density at radius 3 is 2.61 bits per heavy atom. The lowest BCUT2D eigenvalue weighted by Crippen LogP contribution is -2.42. The predicted octanol–water partition coefficient (Wildman–Crippen LogP) is 6.16. The average molecular weight is 449 g/mol. The topological polar surface area (TPSA) is 79.9 Å². The number of halogens is 1. The van der Waals surface area contributed by atoms with Crippen LogP contribution in [-0.4, -0.2) is 16.6 Å². The van der Waals surface area contributed by atoms with Gasteiger partial charge in [0.15, 0.2) is 11.6 Å². The molecule has 1 heterocycles. The molecular formula is C26H29FN4O2. The number of benzene rings is 2. The molecule has 0 radical (unpaired) electrons. The summed E-state index contributed by atoms with van der Waals surface area (Å²) in [6.07, 6.45) is 8.29. The number of rotatable bonds is 8. The number of anilines is 1. The van der Waals surface area contributed by atoms with Gasteiger partial charge in [0.05, 0.1) is 22.9 Å². The van der Waals surface area contributed by atoms with E-state index in [0.717, 1.165) is 25.7 Å². The van der Waals surface area contributed by atoms with Gasteiger partial charge in [0.25, 0.3) is 5.56 Å². The summed E-state index contributed by atoms with van der Waals surface area (Å²) in [5.74, 6) is -0.537.